The number of nitrogens with zero attached hydrogens (tertiary/aromatic N) is 1. The van der Waals surface area contributed by atoms with Crippen LogP contribution < -0.4 is 5.32 Å². The number of nitrogens with one attached hydrogen (secondary N) is 1. The summed E-state index contributed by atoms with van der Waals surface area (Å²) in [5.41, 5.74) is -0.608. The Hall–Kier alpha value is -1.52. The molecule has 2 amide bonds. The van der Waals surface area contributed by atoms with Gasteiger partial charge in [0, 0.05) is 19.6 Å². The maximum Gasteiger partial charge on any atom is 0.410 e. The highest BCUT2D eigenvalue weighted by atomic mass is 16.6. The summed E-state index contributed by atoms with van der Waals surface area (Å²) < 4.78 is 5.43. The molecule has 1 N–H and O–H groups in total. The van der Waals surface area contributed by atoms with Crippen LogP contribution in [0.15, 0.2) is 12.7 Å². The number of amides is 2. The smallest absolute Gasteiger partial charge is 0.410 e. The fourth-order valence-corrected chi connectivity index (χ4v) is 3.16. The van der Waals surface area contributed by atoms with Gasteiger partial charge in [0.15, 0.2) is 0 Å². The van der Waals surface area contributed by atoms with Crippen molar-refractivity contribution in [3.63, 3.8) is 0 Å². The molecule has 0 unspecified atom stereocenters. The molecule has 1 saturated heterocycles. The van der Waals surface area contributed by atoms with Gasteiger partial charge in [0.25, 0.3) is 0 Å². The number of ether oxygens (including phenoxy) is 1. The molecule has 0 spiro atoms. The van der Waals surface area contributed by atoms with Crippen LogP contribution in [0.5, 0.6) is 0 Å². The number of hydrogen-bond acceptors (Lipinski definition) is 3. The standard InChI is InChI=1S/C19H32N2O3/c1-6-7-19(8-9-19)15(22)20-14-18(5)10-12-21(13-11-18)16(23)24-17(2,3)4/h6H,1,7-14H2,2-5H3,(H,20,22). The number of rotatable bonds is 5. The van der Waals surface area contributed by atoms with Crippen molar-refractivity contribution in [1.82, 2.24) is 10.2 Å². The lowest BCUT2D eigenvalue weighted by molar-refractivity contribution is -0.126. The van der Waals surface area contributed by atoms with E-state index in [9.17, 15) is 9.59 Å². The Morgan fingerprint density at radius 3 is 2.25 bits per heavy atom. The largest absolute Gasteiger partial charge is 0.444 e. The maximum absolute atomic E-state index is 12.4. The van der Waals surface area contributed by atoms with Crippen molar-refractivity contribution < 1.29 is 14.3 Å². The minimum Gasteiger partial charge on any atom is -0.444 e. The quantitative estimate of drug-likeness (QED) is 0.782. The molecule has 0 aromatic heterocycles. The summed E-state index contributed by atoms with van der Waals surface area (Å²) in [6.45, 7) is 13.6. The van der Waals surface area contributed by atoms with Gasteiger partial charge in [0.2, 0.25) is 5.91 Å². The second-order valence-corrected chi connectivity index (χ2v) is 8.73. The third-order valence-electron chi connectivity index (χ3n) is 5.17. The van der Waals surface area contributed by atoms with Gasteiger partial charge in [-0.2, -0.15) is 0 Å². The Morgan fingerprint density at radius 2 is 1.79 bits per heavy atom. The van der Waals surface area contributed by atoms with Crippen molar-refractivity contribution in [2.75, 3.05) is 19.6 Å². The van der Waals surface area contributed by atoms with E-state index in [1.165, 1.54) is 0 Å². The fraction of sp³-hybridized carbons (Fsp3) is 0.789. The van der Waals surface area contributed by atoms with Gasteiger partial charge in [-0.25, -0.2) is 4.79 Å². The summed E-state index contributed by atoms with van der Waals surface area (Å²) in [7, 11) is 0. The average molecular weight is 336 g/mol. The lowest BCUT2D eigenvalue weighted by Crippen LogP contribution is -2.48. The highest BCUT2D eigenvalue weighted by Gasteiger charge is 2.48. The van der Waals surface area contributed by atoms with Crippen LogP contribution in [0, 0.1) is 10.8 Å². The third kappa shape index (κ3) is 4.74. The zero-order valence-electron chi connectivity index (χ0n) is 15.6. The lowest BCUT2D eigenvalue weighted by Gasteiger charge is -2.40. The van der Waals surface area contributed by atoms with Gasteiger partial charge >= 0.3 is 6.09 Å². The predicted octanol–water partition coefficient (Wildman–Crippen LogP) is 3.50. The van der Waals surface area contributed by atoms with Crippen LogP contribution in [-0.2, 0) is 9.53 Å². The third-order valence-corrected chi connectivity index (χ3v) is 5.17. The Bertz CT molecular complexity index is 495. The average Bonchev–Trinajstić information content (AvgIpc) is 3.25. The van der Waals surface area contributed by atoms with Gasteiger partial charge < -0.3 is 15.0 Å². The number of likely N-dealkylation sites (tertiary alicyclic amines) is 1. The second-order valence-electron chi connectivity index (χ2n) is 8.73. The highest BCUT2D eigenvalue weighted by Crippen LogP contribution is 2.49. The number of piperidine rings is 1. The molecule has 136 valence electrons. The van der Waals surface area contributed by atoms with E-state index in [0.29, 0.717) is 19.6 Å². The van der Waals surface area contributed by atoms with Crippen LogP contribution in [0.2, 0.25) is 0 Å². The number of carbonyl (C=O) groups excluding carboxylic acids is 2. The van der Waals surface area contributed by atoms with Crippen molar-refractivity contribution in [2.24, 2.45) is 10.8 Å². The first kappa shape index (κ1) is 18.8. The summed E-state index contributed by atoms with van der Waals surface area (Å²) in [5, 5.41) is 3.14. The lowest BCUT2D eigenvalue weighted by atomic mass is 9.80. The zero-order valence-corrected chi connectivity index (χ0v) is 15.6. The molecule has 2 rings (SSSR count). The van der Waals surface area contributed by atoms with E-state index < -0.39 is 5.60 Å². The van der Waals surface area contributed by atoms with Crippen molar-refractivity contribution in [1.29, 1.82) is 0 Å². The molecule has 1 aliphatic heterocycles. The van der Waals surface area contributed by atoms with Gasteiger partial charge in [-0.3, -0.25) is 4.79 Å². The summed E-state index contributed by atoms with van der Waals surface area (Å²) in [6, 6.07) is 0. The zero-order chi connectivity index (χ0) is 18.0. The van der Waals surface area contributed by atoms with E-state index in [4.69, 9.17) is 4.74 Å². The summed E-state index contributed by atoms with van der Waals surface area (Å²) >= 11 is 0. The summed E-state index contributed by atoms with van der Waals surface area (Å²) in [6.07, 6.45) is 6.05. The topological polar surface area (TPSA) is 58.6 Å². The molecule has 1 heterocycles. The summed E-state index contributed by atoms with van der Waals surface area (Å²) in [4.78, 5) is 26.3. The van der Waals surface area contributed by atoms with E-state index in [1.54, 1.807) is 4.90 Å². The van der Waals surface area contributed by atoms with Gasteiger partial charge in [0.1, 0.15) is 5.60 Å². The second kappa shape index (κ2) is 6.77. The molecular weight excluding hydrogens is 304 g/mol. The molecule has 5 heteroatoms. The van der Waals surface area contributed by atoms with E-state index in [2.05, 4.69) is 18.8 Å². The number of carbonyl (C=O) groups is 2. The minimum atomic E-state index is -0.463. The molecule has 0 atom stereocenters. The fourth-order valence-electron chi connectivity index (χ4n) is 3.16. The van der Waals surface area contributed by atoms with E-state index in [0.717, 1.165) is 32.1 Å². The Kier molecular flexibility index (Phi) is 5.31. The van der Waals surface area contributed by atoms with Crippen molar-refractivity contribution in [3.05, 3.63) is 12.7 Å². The monoisotopic (exact) mass is 336 g/mol. The van der Waals surface area contributed by atoms with Gasteiger partial charge in [0.05, 0.1) is 5.41 Å². The molecule has 2 fully saturated rings. The summed E-state index contributed by atoms with van der Waals surface area (Å²) in [5.74, 6) is 0.165. The van der Waals surface area contributed by atoms with Crippen molar-refractivity contribution in [2.45, 2.75) is 65.4 Å². The van der Waals surface area contributed by atoms with E-state index >= 15 is 0 Å². The first-order valence-electron chi connectivity index (χ1n) is 8.96. The molecule has 0 aromatic carbocycles. The molecule has 0 bridgehead atoms. The molecule has 1 saturated carbocycles. The van der Waals surface area contributed by atoms with Crippen molar-refractivity contribution >= 4 is 12.0 Å². The predicted molar refractivity (Wildman–Crippen MR) is 94.6 cm³/mol. The first-order chi connectivity index (χ1) is 11.1. The van der Waals surface area contributed by atoms with Gasteiger partial charge in [-0.15, -0.1) is 6.58 Å². The highest BCUT2D eigenvalue weighted by molar-refractivity contribution is 5.85. The molecule has 24 heavy (non-hydrogen) atoms. The van der Waals surface area contributed by atoms with Crippen LogP contribution in [0.25, 0.3) is 0 Å². The molecule has 0 radical (unpaired) electrons. The Balaban J connectivity index is 1.79. The van der Waals surface area contributed by atoms with Crippen LogP contribution in [0.4, 0.5) is 4.79 Å². The van der Waals surface area contributed by atoms with Crippen LogP contribution in [0.1, 0.15) is 59.8 Å². The van der Waals surface area contributed by atoms with Crippen molar-refractivity contribution in [3.8, 4) is 0 Å². The Morgan fingerprint density at radius 1 is 1.21 bits per heavy atom. The molecule has 5 nitrogen and oxygen atoms in total. The van der Waals surface area contributed by atoms with E-state index in [1.807, 2.05) is 26.8 Å². The molecule has 1 aliphatic carbocycles. The van der Waals surface area contributed by atoms with Gasteiger partial charge in [-0.05, 0) is 58.3 Å². The number of allylic oxidation sites excluding steroid dienone is 1. The first-order valence-corrected chi connectivity index (χ1v) is 8.96. The molecular formula is C19H32N2O3. The van der Waals surface area contributed by atoms with Crippen LogP contribution in [0.3, 0.4) is 0 Å². The normalized spacial score (nSPS) is 21.8. The minimum absolute atomic E-state index is 0.0401. The molecule has 2 aliphatic rings. The number of hydrogen-bond donors (Lipinski definition) is 1. The molecule has 0 aromatic rings. The van der Waals surface area contributed by atoms with Crippen LogP contribution in [-0.4, -0.2) is 42.1 Å². The SMILES string of the molecule is C=CCC1(C(=O)NCC2(C)CCN(C(=O)OC(C)(C)C)CC2)CC1. The maximum atomic E-state index is 12.4. The van der Waals surface area contributed by atoms with Crippen LogP contribution >= 0.6 is 0 Å². The van der Waals surface area contributed by atoms with Gasteiger partial charge in [-0.1, -0.05) is 13.0 Å². The van der Waals surface area contributed by atoms with E-state index in [-0.39, 0.29) is 22.8 Å². The Labute approximate surface area is 145 Å².